The maximum atomic E-state index is 13.1. The molecule has 2 aromatic carbocycles. The Morgan fingerprint density at radius 3 is 2.39 bits per heavy atom. The van der Waals surface area contributed by atoms with Gasteiger partial charge in [-0.05, 0) is 61.4 Å². The van der Waals surface area contributed by atoms with Gasteiger partial charge in [0.15, 0.2) is 11.5 Å². The van der Waals surface area contributed by atoms with Gasteiger partial charge in [-0.1, -0.05) is 29.8 Å². The number of aryl methyl sites for hydroxylation is 2. The van der Waals surface area contributed by atoms with Crippen LogP contribution >= 0.6 is 11.6 Å². The van der Waals surface area contributed by atoms with E-state index in [4.69, 9.17) is 16.0 Å². The van der Waals surface area contributed by atoms with Crippen LogP contribution < -0.4 is 5.32 Å². The van der Waals surface area contributed by atoms with E-state index in [1.807, 2.05) is 32.0 Å². The fraction of sp³-hybridized carbons (Fsp3) is 0.160. The SMILES string of the molecule is Cc1cccc(C)c1NC(=O)CN(C)C(=O)c1cc(-c2ccco2)n(-c2ccc(Cl)cc2)n1. The second kappa shape index (κ2) is 9.34. The number of para-hydroxylation sites is 1. The predicted molar refractivity (Wildman–Crippen MR) is 128 cm³/mol. The van der Waals surface area contributed by atoms with E-state index in [9.17, 15) is 9.59 Å². The van der Waals surface area contributed by atoms with Crippen molar-refractivity contribution in [2.45, 2.75) is 13.8 Å². The van der Waals surface area contributed by atoms with E-state index in [-0.39, 0.29) is 24.1 Å². The van der Waals surface area contributed by atoms with Gasteiger partial charge < -0.3 is 14.6 Å². The highest BCUT2D eigenvalue weighted by Crippen LogP contribution is 2.26. The Morgan fingerprint density at radius 2 is 1.76 bits per heavy atom. The van der Waals surface area contributed by atoms with Crippen LogP contribution in [0.2, 0.25) is 5.02 Å². The third kappa shape index (κ3) is 4.83. The number of likely N-dealkylation sites (N-methyl/N-ethyl adjacent to an activating group) is 1. The van der Waals surface area contributed by atoms with Crippen molar-refractivity contribution in [3.63, 3.8) is 0 Å². The van der Waals surface area contributed by atoms with Crippen LogP contribution in [0.25, 0.3) is 17.1 Å². The summed E-state index contributed by atoms with van der Waals surface area (Å²) in [5.41, 5.74) is 4.21. The third-order valence-electron chi connectivity index (χ3n) is 5.25. The summed E-state index contributed by atoms with van der Waals surface area (Å²) in [4.78, 5) is 27.1. The highest BCUT2D eigenvalue weighted by Gasteiger charge is 2.22. The van der Waals surface area contributed by atoms with Crippen molar-refractivity contribution in [1.29, 1.82) is 0 Å². The molecule has 4 aromatic rings. The molecule has 2 aromatic heterocycles. The Hall–Kier alpha value is -3.84. The van der Waals surface area contributed by atoms with E-state index in [0.717, 1.165) is 22.5 Å². The first-order valence-corrected chi connectivity index (χ1v) is 10.7. The molecule has 1 N–H and O–H groups in total. The number of hydrogen-bond acceptors (Lipinski definition) is 4. The van der Waals surface area contributed by atoms with Crippen LogP contribution in [0.1, 0.15) is 21.6 Å². The summed E-state index contributed by atoms with van der Waals surface area (Å²) in [5, 5.41) is 7.99. The normalized spacial score (nSPS) is 10.8. The lowest BCUT2D eigenvalue weighted by atomic mass is 10.1. The van der Waals surface area contributed by atoms with Gasteiger partial charge in [-0.2, -0.15) is 5.10 Å². The number of anilines is 1. The van der Waals surface area contributed by atoms with Gasteiger partial charge in [0.05, 0.1) is 18.5 Å². The largest absolute Gasteiger partial charge is 0.463 e. The van der Waals surface area contributed by atoms with E-state index >= 15 is 0 Å². The van der Waals surface area contributed by atoms with Crippen molar-refractivity contribution in [3.8, 4) is 17.1 Å². The first-order chi connectivity index (χ1) is 15.8. The second-order valence-corrected chi connectivity index (χ2v) is 8.19. The molecule has 8 heteroatoms. The molecule has 168 valence electrons. The molecule has 2 amide bonds. The summed E-state index contributed by atoms with van der Waals surface area (Å²) in [7, 11) is 1.57. The van der Waals surface area contributed by atoms with Gasteiger partial charge >= 0.3 is 0 Å². The maximum Gasteiger partial charge on any atom is 0.274 e. The topological polar surface area (TPSA) is 80.4 Å². The highest BCUT2D eigenvalue weighted by molar-refractivity contribution is 6.30. The van der Waals surface area contributed by atoms with Crippen LogP contribution in [-0.2, 0) is 4.79 Å². The van der Waals surface area contributed by atoms with Crippen LogP contribution in [0, 0.1) is 13.8 Å². The van der Waals surface area contributed by atoms with Gasteiger partial charge in [-0.15, -0.1) is 0 Å². The van der Waals surface area contributed by atoms with Gasteiger partial charge in [0.25, 0.3) is 5.91 Å². The molecule has 0 aliphatic heterocycles. The number of nitrogens with one attached hydrogen (secondary N) is 1. The van der Waals surface area contributed by atoms with Crippen molar-refractivity contribution in [2.24, 2.45) is 0 Å². The number of halogens is 1. The molecule has 0 fully saturated rings. The van der Waals surface area contributed by atoms with Crippen LogP contribution in [-0.4, -0.2) is 40.1 Å². The molecule has 0 saturated heterocycles. The Bertz CT molecular complexity index is 1270. The number of benzene rings is 2. The molecule has 33 heavy (non-hydrogen) atoms. The summed E-state index contributed by atoms with van der Waals surface area (Å²) < 4.78 is 7.15. The Kier molecular flexibility index (Phi) is 6.33. The molecule has 0 radical (unpaired) electrons. The summed E-state index contributed by atoms with van der Waals surface area (Å²) in [5.74, 6) is -0.106. The lowest BCUT2D eigenvalue weighted by Crippen LogP contribution is -2.35. The predicted octanol–water partition coefficient (Wildman–Crippen LogP) is 5.11. The summed E-state index contributed by atoms with van der Waals surface area (Å²) in [6.45, 7) is 3.74. The summed E-state index contributed by atoms with van der Waals surface area (Å²) in [6, 6.07) is 18.1. The van der Waals surface area contributed by atoms with Crippen LogP contribution in [0.4, 0.5) is 5.69 Å². The second-order valence-electron chi connectivity index (χ2n) is 7.76. The molecule has 0 aliphatic carbocycles. The first-order valence-electron chi connectivity index (χ1n) is 10.3. The van der Waals surface area contributed by atoms with Gasteiger partial charge in [-0.25, -0.2) is 4.68 Å². The molecular weight excluding hydrogens is 440 g/mol. The number of nitrogens with zero attached hydrogens (tertiary/aromatic N) is 3. The van der Waals surface area contributed by atoms with Gasteiger partial charge in [0.1, 0.15) is 5.69 Å². The van der Waals surface area contributed by atoms with Crippen LogP contribution in [0.5, 0.6) is 0 Å². The molecule has 0 spiro atoms. The van der Waals surface area contributed by atoms with E-state index < -0.39 is 0 Å². The average Bonchev–Trinajstić information content (AvgIpc) is 3.46. The molecule has 2 heterocycles. The van der Waals surface area contributed by atoms with Crippen molar-refractivity contribution in [1.82, 2.24) is 14.7 Å². The first kappa shape index (κ1) is 22.4. The average molecular weight is 463 g/mol. The van der Waals surface area contributed by atoms with Gasteiger partial charge in [0.2, 0.25) is 5.91 Å². The zero-order valence-electron chi connectivity index (χ0n) is 18.5. The summed E-state index contributed by atoms with van der Waals surface area (Å²) >= 11 is 6.01. The lowest BCUT2D eigenvalue weighted by molar-refractivity contribution is -0.116. The number of carbonyl (C=O) groups is 2. The van der Waals surface area contributed by atoms with Gasteiger partial charge in [-0.3, -0.25) is 9.59 Å². The zero-order chi connectivity index (χ0) is 23.5. The van der Waals surface area contributed by atoms with Crippen molar-refractivity contribution in [2.75, 3.05) is 18.9 Å². The molecule has 4 rings (SSSR count). The Balaban J connectivity index is 1.57. The van der Waals surface area contributed by atoms with Crippen molar-refractivity contribution >= 4 is 29.1 Å². The fourth-order valence-electron chi connectivity index (χ4n) is 3.54. The third-order valence-corrected chi connectivity index (χ3v) is 5.50. The number of amides is 2. The molecular formula is C25H23ClN4O3. The number of furan rings is 1. The molecule has 7 nitrogen and oxygen atoms in total. The number of hydrogen-bond donors (Lipinski definition) is 1. The fourth-order valence-corrected chi connectivity index (χ4v) is 3.66. The van der Waals surface area contributed by atoms with Gasteiger partial charge in [0, 0.05) is 23.8 Å². The van der Waals surface area contributed by atoms with E-state index in [1.54, 1.807) is 60.5 Å². The Labute approximate surface area is 196 Å². The maximum absolute atomic E-state index is 13.1. The van der Waals surface area contributed by atoms with Crippen LogP contribution in [0.15, 0.2) is 71.3 Å². The molecule has 0 atom stereocenters. The smallest absolute Gasteiger partial charge is 0.274 e. The molecule has 0 unspecified atom stereocenters. The number of aromatic nitrogens is 2. The van der Waals surface area contributed by atoms with Crippen molar-refractivity contribution < 1.29 is 14.0 Å². The molecule has 0 aliphatic rings. The lowest BCUT2D eigenvalue weighted by Gasteiger charge is -2.17. The Morgan fingerprint density at radius 1 is 1.06 bits per heavy atom. The van der Waals surface area contributed by atoms with Crippen LogP contribution in [0.3, 0.4) is 0 Å². The minimum Gasteiger partial charge on any atom is -0.463 e. The molecule has 0 saturated carbocycles. The highest BCUT2D eigenvalue weighted by atomic mass is 35.5. The standard InChI is InChI=1S/C25H23ClN4O3/c1-16-6-4-7-17(2)24(16)27-23(31)15-29(3)25(32)20-14-21(22-8-5-13-33-22)30(28-20)19-11-9-18(26)10-12-19/h4-14H,15H2,1-3H3,(H,27,31). The zero-order valence-corrected chi connectivity index (χ0v) is 19.3. The van der Waals surface area contributed by atoms with E-state index in [0.29, 0.717) is 16.5 Å². The minimum atomic E-state index is -0.382. The minimum absolute atomic E-state index is 0.115. The monoisotopic (exact) mass is 462 g/mol. The molecule has 0 bridgehead atoms. The quantitative estimate of drug-likeness (QED) is 0.431. The number of carbonyl (C=O) groups excluding carboxylic acids is 2. The van der Waals surface area contributed by atoms with E-state index in [2.05, 4.69) is 10.4 Å². The van der Waals surface area contributed by atoms with E-state index in [1.165, 1.54) is 4.90 Å². The summed E-state index contributed by atoms with van der Waals surface area (Å²) in [6.07, 6.45) is 1.56. The van der Waals surface area contributed by atoms with Crippen molar-refractivity contribution in [3.05, 3.63) is 88.8 Å². The number of rotatable bonds is 6.